The fraction of sp³-hybridized carbons (Fsp3) is 0.0667. The Balaban J connectivity index is 1.88. The maximum absolute atomic E-state index is 9.48. The van der Waals surface area contributed by atoms with Gasteiger partial charge in [-0.3, -0.25) is 0 Å². The summed E-state index contributed by atoms with van der Waals surface area (Å²) in [7, 11) is 0. The molecule has 2 aromatic carbocycles. The lowest BCUT2D eigenvalue weighted by molar-refractivity contribution is 0.403. The molecule has 1 heterocycles. The van der Waals surface area contributed by atoms with Crippen molar-refractivity contribution in [3.05, 3.63) is 53.3 Å². The van der Waals surface area contributed by atoms with E-state index in [9.17, 15) is 10.2 Å². The smallest absolute Gasteiger partial charge is 0.157 e. The molecule has 0 unspecified atom stereocenters. The highest BCUT2D eigenvalue weighted by Gasteiger charge is 2.05. The largest absolute Gasteiger partial charge is 0.504 e. The Morgan fingerprint density at radius 3 is 2.67 bits per heavy atom. The lowest BCUT2D eigenvalue weighted by atomic mass is 10.2. The van der Waals surface area contributed by atoms with E-state index in [4.69, 9.17) is 11.6 Å². The number of hydrogen-bond acceptors (Lipinski definition) is 5. The molecule has 6 heteroatoms. The minimum Gasteiger partial charge on any atom is -0.504 e. The minimum absolute atomic E-state index is 0.141. The van der Waals surface area contributed by atoms with Crippen molar-refractivity contribution < 1.29 is 10.2 Å². The molecule has 3 rings (SSSR count). The van der Waals surface area contributed by atoms with Crippen LogP contribution in [0.2, 0.25) is 5.02 Å². The molecule has 3 N–H and O–H groups in total. The van der Waals surface area contributed by atoms with Gasteiger partial charge in [-0.2, -0.15) is 0 Å². The summed E-state index contributed by atoms with van der Waals surface area (Å²) in [6.07, 6.45) is 1.48. The first kappa shape index (κ1) is 13.5. The molecule has 0 saturated heterocycles. The van der Waals surface area contributed by atoms with Gasteiger partial charge >= 0.3 is 0 Å². The van der Waals surface area contributed by atoms with Crippen LogP contribution in [0.25, 0.3) is 10.9 Å². The van der Waals surface area contributed by atoms with Crippen LogP contribution < -0.4 is 5.32 Å². The summed E-state index contributed by atoms with van der Waals surface area (Å²) >= 11 is 6.00. The zero-order chi connectivity index (χ0) is 14.8. The second-order valence-electron chi connectivity index (χ2n) is 4.56. The van der Waals surface area contributed by atoms with Crippen LogP contribution in [0, 0.1) is 0 Å². The molecule has 0 aliphatic heterocycles. The minimum atomic E-state index is -0.148. The van der Waals surface area contributed by atoms with Gasteiger partial charge in [0.25, 0.3) is 0 Å². The Kier molecular flexibility index (Phi) is 3.50. The third kappa shape index (κ3) is 2.83. The van der Waals surface area contributed by atoms with Crippen LogP contribution in [-0.2, 0) is 6.54 Å². The van der Waals surface area contributed by atoms with Gasteiger partial charge in [0.15, 0.2) is 11.5 Å². The summed E-state index contributed by atoms with van der Waals surface area (Å²) < 4.78 is 0. The van der Waals surface area contributed by atoms with Crippen LogP contribution in [0.4, 0.5) is 5.82 Å². The van der Waals surface area contributed by atoms with Gasteiger partial charge in [0.05, 0.1) is 5.52 Å². The molecular weight excluding hydrogens is 290 g/mol. The van der Waals surface area contributed by atoms with Crippen molar-refractivity contribution in [2.24, 2.45) is 0 Å². The monoisotopic (exact) mass is 301 g/mol. The summed E-state index contributed by atoms with van der Waals surface area (Å²) in [6, 6.07) is 10.1. The number of anilines is 1. The average Bonchev–Trinajstić information content (AvgIpc) is 2.48. The molecule has 0 amide bonds. The highest BCUT2D eigenvalue weighted by Crippen LogP contribution is 2.26. The van der Waals surface area contributed by atoms with Gasteiger partial charge in [0.1, 0.15) is 12.1 Å². The lowest BCUT2D eigenvalue weighted by Crippen LogP contribution is -2.02. The molecule has 0 atom stereocenters. The molecule has 0 spiro atoms. The van der Waals surface area contributed by atoms with E-state index in [2.05, 4.69) is 15.3 Å². The van der Waals surface area contributed by atoms with Crippen LogP contribution in [0.3, 0.4) is 0 Å². The van der Waals surface area contributed by atoms with Crippen molar-refractivity contribution in [1.29, 1.82) is 0 Å². The number of fused-ring (bicyclic) bond motifs is 1. The average molecular weight is 302 g/mol. The molecule has 21 heavy (non-hydrogen) atoms. The molecular formula is C15H12ClN3O2. The Hall–Kier alpha value is -2.53. The van der Waals surface area contributed by atoms with Gasteiger partial charge in [-0.1, -0.05) is 17.7 Å². The van der Waals surface area contributed by atoms with Gasteiger partial charge in [-0.25, -0.2) is 9.97 Å². The standard InChI is InChI=1S/C15H12ClN3O2/c16-10-2-3-12-11(6-10)15(19-8-18-12)17-7-9-1-4-13(20)14(21)5-9/h1-6,8,20-21H,7H2,(H,17,18,19). The van der Waals surface area contributed by atoms with Gasteiger partial charge < -0.3 is 15.5 Å². The number of halogens is 1. The van der Waals surface area contributed by atoms with Crippen molar-refractivity contribution in [2.75, 3.05) is 5.32 Å². The molecule has 1 aromatic heterocycles. The predicted octanol–water partition coefficient (Wildman–Crippen LogP) is 3.31. The number of nitrogens with zero attached hydrogens (tertiary/aromatic N) is 2. The van der Waals surface area contributed by atoms with Crippen molar-refractivity contribution >= 4 is 28.3 Å². The molecule has 0 aliphatic rings. The van der Waals surface area contributed by atoms with E-state index >= 15 is 0 Å². The number of rotatable bonds is 3. The summed E-state index contributed by atoms with van der Waals surface area (Å²) in [5, 5.41) is 23.4. The molecule has 0 saturated carbocycles. The first-order valence-electron chi connectivity index (χ1n) is 6.28. The number of phenolic OH excluding ortho intramolecular Hbond substituents is 2. The van der Waals surface area contributed by atoms with Crippen LogP contribution in [0.1, 0.15) is 5.56 Å². The highest BCUT2D eigenvalue weighted by atomic mass is 35.5. The Morgan fingerprint density at radius 1 is 1.00 bits per heavy atom. The zero-order valence-corrected chi connectivity index (χ0v) is 11.7. The molecule has 5 nitrogen and oxygen atoms in total. The highest BCUT2D eigenvalue weighted by molar-refractivity contribution is 6.31. The van der Waals surface area contributed by atoms with Crippen molar-refractivity contribution in [3.8, 4) is 11.5 Å². The Labute approximate surface area is 125 Å². The maximum atomic E-state index is 9.48. The van der Waals surface area contributed by atoms with Crippen molar-refractivity contribution in [2.45, 2.75) is 6.54 Å². The Morgan fingerprint density at radius 2 is 1.86 bits per heavy atom. The number of nitrogens with one attached hydrogen (secondary N) is 1. The Bertz CT molecular complexity index is 808. The van der Waals surface area contributed by atoms with E-state index in [0.29, 0.717) is 17.4 Å². The number of aromatic nitrogens is 2. The van der Waals surface area contributed by atoms with Crippen LogP contribution >= 0.6 is 11.6 Å². The van der Waals surface area contributed by atoms with E-state index in [-0.39, 0.29) is 11.5 Å². The maximum Gasteiger partial charge on any atom is 0.157 e. The molecule has 106 valence electrons. The summed E-state index contributed by atoms with van der Waals surface area (Å²) in [6.45, 7) is 0.451. The van der Waals surface area contributed by atoms with E-state index in [1.807, 2.05) is 6.07 Å². The number of benzene rings is 2. The summed E-state index contributed by atoms with van der Waals surface area (Å²) in [5.41, 5.74) is 1.62. The van der Waals surface area contributed by atoms with Crippen LogP contribution in [-0.4, -0.2) is 20.2 Å². The molecule has 0 aliphatic carbocycles. The summed E-state index contributed by atoms with van der Waals surface area (Å²) in [4.78, 5) is 8.39. The zero-order valence-electron chi connectivity index (χ0n) is 10.9. The first-order chi connectivity index (χ1) is 10.1. The first-order valence-corrected chi connectivity index (χ1v) is 6.66. The normalized spacial score (nSPS) is 10.7. The van der Waals surface area contributed by atoms with Gasteiger partial charge in [0.2, 0.25) is 0 Å². The third-order valence-corrected chi connectivity index (χ3v) is 3.33. The second-order valence-corrected chi connectivity index (χ2v) is 5.00. The molecule has 0 radical (unpaired) electrons. The third-order valence-electron chi connectivity index (χ3n) is 3.10. The van der Waals surface area contributed by atoms with Crippen LogP contribution in [0.15, 0.2) is 42.7 Å². The van der Waals surface area contributed by atoms with Gasteiger partial charge in [0, 0.05) is 17.0 Å². The predicted molar refractivity (Wildman–Crippen MR) is 81.6 cm³/mol. The lowest BCUT2D eigenvalue weighted by Gasteiger charge is -2.09. The number of hydrogen-bond donors (Lipinski definition) is 3. The number of aromatic hydroxyl groups is 2. The topological polar surface area (TPSA) is 78.3 Å². The van der Waals surface area contributed by atoms with E-state index < -0.39 is 0 Å². The second kappa shape index (κ2) is 5.46. The van der Waals surface area contributed by atoms with E-state index in [1.54, 1.807) is 18.2 Å². The van der Waals surface area contributed by atoms with Crippen molar-refractivity contribution in [3.63, 3.8) is 0 Å². The summed E-state index contributed by atoms with van der Waals surface area (Å²) in [5.74, 6) is 0.373. The molecule has 0 bridgehead atoms. The van der Waals surface area contributed by atoms with E-state index in [0.717, 1.165) is 16.5 Å². The van der Waals surface area contributed by atoms with E-state index in [1.165, 1.54) is 18.5 Å². The van der Waals surface area contributed by atoms with Crippen LogP contribution in [0.5, 0.6) is 11.5 Å². The molecule has 3 aromatic rings. The SMILES string of the molecule is Oc1ccc(CNc2ncnc3ccc(Cl)cc23)cc1O. The fourth-order valence-electron chi connectivity index (χ4n) is 2.03. The fourth-order valence-corrected chi connectivity index (χ4v) is 2.21. The van der Waals surface area contributed by atoms with Gasteiger partial charge in [-0.15, -0.1) is 0 Å². The molecule has 0 fully saturated rings. The van der Waals surface area contributed by atoms with Gasteiger partial charge in [-0.05, 0) is 35.9 Å². The number of phenols is 2. The quantitative estimate of drug-likeness (QED) is 0.647. The van der Waals surface area contributed by atoms with Crippen molar-refractivity contribution in [1.82, 2.24) is 9.97 Å².